The topological polar surface area (TPSA) is 99.0 Å². The van der Waals surface area contributed by atoms with Gasteiger partial charge in [-0.05, 0) is 54.1 Å². The molecular formula is C22H20FNO5. The van der Waals surface area contributed by atoms with Crippen LogP contribution < -0.4 is 5.32 Å². The largest absolute Gasteiger partial charge is 0.508 e. The number of aromatic hydroxyl groups is 2. The Morgan fingerprint density at radius 3 is 2.72 bits per heavy atom. The summed E-state index contributed by atoms with van der Waals surface area (Å²) in [7, 11) is 0. The van der Waals surface area contributed by atoms with Crippen LogP contribution in [0.2, 0.25) is 0 Å². The standard InChI is InChI=1S/C22H20FNO5/c23-15-3-1-2-14(12-15)10-11-29-21-9-6-16(25)4-7-19(21)24-22(28)18-13-17(26)5-8-20(18)27/h1-6,8-9,12-13,25-27H,7,10-11H2,(H,24,28). The van der Waals surface area contributed by atoms with Gasteiger partial charge >= 0.3 is 0 Å². The maximum absolute atomic E-state index is 13.3. The number of hydrogen-bond acceptors (Lipinski definition) is 5. The lowest BCUT2D eigenvalue weighted by Gasteiger charge is -2.14. The molecule has 0 saturated carbocycles. The minimum absolute atomic E-state index is 0.0145. The van der Waals surface area contributed by atoms with E-state index in [0.29, 0.717) is 17.9 Å². The highest BCUT2D eigenvalue weighted by atomic mass is 19.1. The Hall–Kier alpha value is -3.74. The number of ether oxygens (including phenoxy) is 1. The van der Waals surface area contributed by atoms with Crippen LogP contribution >= 0.6 is 0 Å². The maximum atomic E-state index is 13.3. The molecule has 7 heteroatoms. The lowest BCUT2D eigenvalue weighted by molar-refractivity contribution is 0.0958. The van der Waals surface area contributed by atoms with Crippen LogP contribution in [-0.2, 0) is 11.2 Å². The maximum Gasteiger partial charge on any atom is 0.259 e. The number of rotatable bonds is 6. The summed E-state index contributed by atoms with van der Waals surface area (Å²) >= 11 is 0. The molecule has 0 saturated heterocycles. The van der Waals surface area contributed by atoms with E-state index < -0.39 is 5.91 Å². The highest BCUT2D eigenvalue weighted by molar-refractivity contribution is 5.98. The first-order chi connectivity index (χ1) is 13.9. The predicted molar refractivity (Wildman–Crippen MR) is 105 cm³/mol. The first-order valence-electron chi connectivity index (χ1n) is 8.93. The summed E-state index contributed by atoms with van der Waals surface area (Å²) in [6.45, 7) is 0.223. The number of nitrogens with one attached hydrogen (secondary N) is 1. The number of allylic oxidation sites excluding steroid dienone is 3. The molecule has 6 nitrogen and oxygen atoms in total. The average Bonchev–Trinajstić information content (AvgIpc) is 2.86. The number of hydrogen-bond donors (Lipinski definition) is 4. The second kappa shape index (κ2) is 8.97. The molecule has 3 rings (SSSR count). The van der Waals surface area contributed by atoms with Crippen molar-refractivity contribution in [3.8, 4) is 11.5 Å². The van der Waals surface area contributed by atoms with Crippen LogP contribution in [0, 0.1) is 5.82 Å². The molecule has 2 aromatic rings. The molecule has 0 atom stereocenters. The minimum Gasteiger partial charge on any atom is -0.508 e. The molecule has 0 aromatic heterocycles. The van der Waals surface area contributed by atoms with Crippen LogP contribution in [0.15, 0.2) is 77.9 Å². The van der Waals surface area contributed by atoms with Gasteiger partial charge in [0.15, 0.2) is 0 Å². The van der Waals surface area contributed by atoms with Gasteiger partial charge in [-0.2, -0.15) is 0 Å². The van der Waals surface area contributed by atoms with Crippen molar-refractivity contribution < 1.29 is 29.2 Å². The summed E-state index contributed by atoms with van der Waals surface area (Å²) in [5.74, 6) is -1.06. The normalized spacial score (nSPS) is 13.6. The molecule has 0 unspecified atom stereocenters. The summed E-state index contributed by atoms with van der Waals surface area (Å²) in [6, 6.07) is 9.81. The second-order valence-electron chi connectivity index (χ2n) is 6.39. The molecule has 0 aliphatic heterocycles. The third-order valence-electron chi connectivity index (χ3n) is 4.24. The van der Waals surface area contributed by atoms with Crippen LogP contribution in [0.1, 0.15) is 22.3 Å². The summed E-state index contributed by atoms with van der Waals surface area (Å²) < 4.78 is 19.0. The Balaban J connectivity index is 1.75. The van der Waals surface area contributed by atoms with Gasteiger partial charge in [0.1, 0.15) is 28.8 Å². The van der Waals surface area contributed by atoms with Crippen molar-refractivity contribution in [1.29, 1.82) is 0 Å². The first kappa shape index (κ1) is 20.0. The molecule has 2 aromatic carbocycles. The van der Waals surface area contributed by atoms with E-state index in [1.165, 1.54) is 42.5 Å². The number of phenolic OH excluding ortho intramolecular Hbond substituents is 2. The fourth-order valence-corrected chi connectivity index (χ4v) is 2.77. The van der Waals surface area contributed by atoms with Crippen molar-refractivity contribution in [1.82, 2.24) is 5.32 Å². The van der Waals surface area contributed by atoms with Crippen molar-refractivity contribution in [3.05, 3.63) is 94.9 Å². The van der Waals surface area contributed by atoms with Gasteiger partial charge in [0, 0.05) is 12.8 Å². The van der Waals surface area contributed by atoms with Crippen molar-refractivity contribution in [2.75, 3.05) is 6.61 Å². The van der Waals surface area contributed by atoms with Crippen LogP contribution in [0.4, 0.5) is 4.39 Å². The minimum atomic E-state index is -0.636. The summed E-state index contributed by atoms with van der Waals surface area (Å²) in [5, 5.41) is 31.8. The highest BCUT2D eigenvalue weighted by Gasteiger charge is 2.17. The zero-order valence-electron chi connectivity index (χ0n) is 15.4. The van der Waals surface area contributed by atoms with E-state index >= 15 is 0 Å². The van der Waals surface area contributed by atoms with E-state index in [2.05, 4.69) is 5.32 Å². The van der Waals surface area contributed by atoms with E-state index in [0.717, 1.165) is 11.6 Å². The number of halogens is 1. The SMILES string of the molecule is O=C(NC1=C(OCCc2cccc(F)c2)C=CC(O)=CC1)c1cc(O)ccc1O. The molecule has 29 heavy (non-hydrogen) atoms. The monoisotopic (exact) mass is 397 g/mol. The Morgan fingerprint density at radius 2 is 1.93 bits per heavy atom. The van der Waals surface area contributed by atoms with Gasteiger partial charge < -0.3 is 25.4 Å². The van der Waals surface area contributed by atoms with Gasteiger partial charge in [0.2, 0.25) is 0 Å². The Kier molecular flexibility index (Phi) is 6.19. The summed E-state index contributed by atoms with van der Waals surface area (Å²) in [5.41, 5.74) is 1.04. The van der Waals surface area contributed by atoms with Crippen LogP contribution in [-0.4, -0.2) is 27.8 Å². The van der Waals surface area contributed by atoms with E-state index in [-0.39, 0.29) is 41.7 Å². The van der Waals surface area contributed by atoms with Crippen LogP contribution in [0.3, 0.4) is 0 Å². The number of phenols is 2. The molecule has 0 spiro atoms. The van der Waals surface area contributed by atoms with E-state index in [4.69, 9.17) is 4.74 Å². The zero-order chi connectivity index (χ0) is 20.8. The average molecular weight is 397 g/mol. The van der Waals surface area contributed by atoms with Crippen molar-refractivity contribution in [2.24, 2.45) is 0 Å². The zero-order valence-corrected chi connectivity index (χ0v) is 15.4. The Labute approximate surface area is 166 Å². The quantitative estimate of drug-likeness (QED) is 0.555. The van der Waals surface area contributed by atoms with E-state index in [1.807, 2.05) is 0 Å². The number of carbonyl (C=O) groups is 1. The molecule has 0 bridgehead atoms. The molecule has 1 aliphatic rings. The second-order valence-corrected chi connectivity index (χ2v) is 6.39. The van der Waals surface area contributed by atoms with Gasteiger partial charge in [-0.25, -0.2) is 4.39 Å². The lowest BCUT2D eigenvalue weighted by Crippen LogP contribution is -2.24. The predicted octanol–water partition coefficient (Wildman–Crippen LogP) is 3.84. The van der Waals surface area contributed by atoms with Gasteiger partial charge in [-0.1, -0.05) is 12.1 Å². The van der Waals surface area contributed by atoms with Crippen LogP contribution in [0.25, 0.3) is 0 Å². The number of amides is 1. The number of benzene rings is 2. The van der Waals surface area contributed by atoms with Crippen molar-refractivity contribution >= 4 is 5.91 Å². The fourth-order valence-electron chi connectivity index (χ4n) is 2.77. The Morgan fingerprint density at radius 1 is 1.10 bits per heavy atom. The molecule has 1 amide bonds. The molecule has 0 fully saturated rings. The van der Waals surface area contributed by atoms with Crippen LogP contribution in [0.5, 0.6) is 11.5 Å². The van der Waals surface area contributed by atoms with E-state index in [9.17, 15) is 24.5 Å². The summed E-state index contributed by atoms with van der Waals surface area (Å²) in [6.07, 6.45) is 5.07. The molecule has 4 N–H and O–H groups in total. The van der Waals surface area contributed by atoms with E-state index in [1.54, 1.807) is 12.1 Å². The third kappa shape index (κ3) is 5.38. The third-order valence-corrected chi connectivity index (χ3v) is 4.24. The molecule has 1 aliphatic carbocycles. The lowest BCUT2D eigenvalue weighted by atomic mass is 10.1. The van der Waals surface area contributed by atoms with Crippen molar-refractivity contribution in [2.45, 2.75) is 12.8 Å². The number of aliphatic hydroxyl groups is 1. The highest BCUT2D eigenvalue weighted by Crippen LogP contribution is 2.23. The molecule has 0 heterocycles. The number of aliphatic hydroxyl groups excluding tert-OH is 1. The van der Waals surface area contributed by atoms with Gasteiger partial charge in [0.25, 0.3) is 5.91 Å². The smallest absolute Gasteiger partial charge is 0.259 e. The molecular weight excluding hydrogens is 377 g/mol. The molecule has 0 radical (unpaired) electrons. The van der Waals surface area contributed by atoms with Gasteiger partial charge in [-0.15, -0.1) is 0 Å². The Bertz CT molecular complexity index is 1010. The summed E-state index contributed by atoms with van der Waals surface area (Å²) in [4.78, 5) is 12.5. The molecule has 150 valence electrons. The van der Waals surface area contributed by atoms with Crippen molar-refractivity contribution in [3.63, 3.8) is 0 Å². The number of carbonyl (C=O) groups excluding carboxylic acids is 1. The van der Waals surface area contributed by atoms with Gasteiger partial charge in [0.05, 0.1) is 17.9 Å². The fraction of sp³-hybridized carbons (Fsp3) is 0.136. The van der Waals surface area contributed by atoms with Gasteiger partial charge in [-0.3, -0.25) is 4.79 Å². The first-order valence-corrected chi connectivity index (χ1v) is 8.93.